The smallest absolute Gasteiger partial charge is 0.0388 e. The minimum absolute atomic E-state index is 0.973. The van der Waals surface area contributed by atoms with Gasteiger partial charge >= 0.3 is 0 Å². The molecule has 0 aromatic rings. The van der Waals surface area contributed by atoms with Crippen LogP contribution in [0.5, 0.6) is 0 Å². The van der Waals surface area contributed by atoms with Gasteiger partial charge < -0.3 is 0 Å². The van der Waals surface area contributed by atoms with E-state index >= 15 is 0 Å². The molecular formula is C25H50. The molecule has 1 aliphatic carbocycles. The van der Waals surface area contributed by atoms with E-state index < -0.39 is 0 Å². The van der Waals surface area contributed by atoms with E-state index in [-0.39, 0.29) is 0 Å². The Morgan fingerprint density at radius 1 is 0.680 bits per heavy atom. The number of hydrogen-bond donors (Lipinski definition) is 0. The Kier molecular flexibility index (Phi) is 13.0. The van der Waals surface area contributed by atoms with Crippen LogP contribution in [0.25, 0.3) is 0 Å². The highest BCUT2D eigenvalue weighted by Crippen LogP contribution is 2.36. The lowest BCUT2D eigenvalue weighted by atomic mass is 9.75. The quantitative estimate of drug-likeness (QED) is 0.274. The molecule has 0 aromatic carbocycles. The van der Waals surface area contributed by atoms with E-state index in [4.69, 9.17) is 0 Å². The number of hydrogen-bond acceptors (Lipinski definition) is 0. The van der Waals surface area contributed by atoms with Crippen molar-refractivity contribution < 1.29 is 0 Å². The number of unbranched alkanes of at least 4 members (excludes halogenated alkanes) is 2. The Bertz CT molecular complexity index is 286. The molecule has 3 atom stereocenters. The van der Waals surface area contributed by atoms with Crippen LogP contribution in [-0.4, -0.2) is 0 Å². The molecule has 0 spiro atoms. The van der Waals surface area contributed by atoms with Crippen LogP contribution in [0.1, 0.15) is 131 Å². The summed E-state index contributed by atoms with van der Waals surface area (Å²) in [6.07, 6.45) is 22.0. The Morgan fingerprint density at radius 2 is 1.24 bits per heavy atom. The highest BCUT2D eigenvalue weighted by molar-refractivity contribution is 4.75. The van der Waals surface area contributed by atoms with Gasteiger partial charge in [-0.2, -0.15) is 0 Å². The number of rotatable bonds is 14. The van der Waals surface area contributed by atoms with Crippen LogP contribution >= 0.6 is 0 Å². The molecule has 0 heteroatoms. The van der Waals surface area contributed by atoms with Crippen LogP contribution < -0.4 is 0 Å². The molecule has 25 heavy (non-hydrogen) atoms. The molecule has 0 nitrogen and oxygen atoms in total. The van der Waals surface area contributed by atoms with Crippen LogP contribution in [0, 0.1) is 29.6 Å². The van der Waals surface area contributed by atoms with Gasteiger partial charge in [0.1, 0.15) is 0 Å². The molecule has 0 aromatic heterocycles. The third-order valence-corrected chi connectivity index (χ3v) is 7.47. The standard InChI is InChI=1S/C25H50/c1-6-12-23(7-2)13-10-9-11-14-24(8-3)18-17-22(5)25-19-15-21(4)16-20-25/h21-25H,6-20H2,1-5H3. The van der Waals surface area contributed by atoms with E-state index in [1.165, 1.54) is 96.3 Å². The molecule has 3 unspecified atom stereocenters. The third-order valence-electron chi connectivity index (χ3n) is 7.47. The van der Waals surface area contributed by atoms with E-state index in [2.05, 4.69) is 34.6 Å². The van der Waals surface area contributed by atoms with E-state index in [0.29, 0.717) is 0 Å². The van der Waals surface area contributed by atoms with E-state index in [1.807, 2.05) is 0 Å². The first kappa shape index (κ1) is 23.0. The van der Waals surface area contributed by atoms with Crippen LogP contribution in [-0.2, 0) is 0 Å². The summed E-state index contributed by atoms with van der Waals surface area (Å²) < 4.78 is 0. The lowest BCUT2D eigenvalue weighted by Crippen LogP contribution is -2.19. The van der Waals surface area contributed by atoms with Crippen molar-refractivity contribution in [2.24, 2.45) is 29.6 Å². The lowest BCUT2D eigenvalue weighted by molar-refractivity contribution is 0.204. The van der Waals surface area contributed by atoms with Gasteiger partial charge in [-0.05, 0) is 42.4 Å². The highest BCUT2D eigenvalue weighted by atomic mass is 14.3. The lowest BCUT2D eigenvalue weighted by Gasteiger charge is -2.31. The summed E-state index contributed by atoms with van der Waals surface area (Å²) >= 11 is 0. The summed E-state index contributed by atoms with van der Waals surface area (Å²) in [6, 6.07) is 0. The maximum Gasteiger partial charge on any atom is -0.0388 e. The van der Waals surface area contributed by atoms with Gasteiger partial charge in [0.05, 0.1) is 0 Å². The molecule has 1 aliphatic rings. The average molecular weight is 351 g/mol. The second kappa shape index (κ2) is 14.1. The SMILES string of the molecule is CCCC(CC)CCCCCC(CC)CCC(C)C1CCC(C)CC1. The zero-order valence-electron chi connectivity index (χ0n) is 18.5. The van der Waals surface area contributed by atoms with E-state index in [1.54, 1.807) is 0 Å². The van der Waals surface area contributed by atoms with Crippen LogP contribution in [0.4, 0.5) is 0 Å². The van der Waals surface area contributed by atoms with Crippen molar-refractivity contribution in [3.05, 3.63) is 0 Å². The molecule has 1 fully saturated rings. The summed E-state index contributed by atoms with van der Waals surface area (Å²) in [5, 5.41) is 0. The van der Waals surface area contributed by atoms with Crippen LogP contribution in [0.15, 0.2) is 0 Å². The molecule has 0 N–H and O–H groups in total. The van der Waals surface area contributed by atoms with Gasteiger partial charge in [0.2, 0.25) is 0 Å². The first-order valence-corrected chi connectivity index (χ1v) is 12.1. The zero-order valence-corrected chi connectivity index (χ0v) is 18.5. The molecule has 0 heterocycles. The summed E-state index contributed by atoms with van der Waals surface area (Å²) in [5.74, 6) is 5.02. The monoisotopic (exact) mass is 350 g/mol. The Balaban J connectivity index is 2.11. The normalized spacial score (nSPS) is 24.8. The summed E-state index contributed by atoms with van der Waals surface area (Å²) in [6.45, 7) is 12.1. The molecular weight excluding hydrogens is 300 g/mol. The van der Waals surface area contributed by atoms with Crippen molar-refractivity contribution in [3.63, 3.8) is 0 Å². The molecule has 0 amide bonds. The van der Waals surface area contributed by atoms with Crippen molar-refractivity contribution in [2.75, 3.05) is 0 Å². The van der Waals surface area contributed by atoms with Crippen molar-refractivity contribution >= 4 is 0 Å². The maximum atomic E-state index is 2.55. The summed E-state index contributed by atoms with van der Waals surface area (Å²) in [5.41, 5.74) is 0. The van der Waals surface area contributed by atoms with Gasteiger partial charge in [-0.15, -0.1) is 0 Å². The fourth-order valence-corrected chi connectivity index (χ4v) is 5.15. The van der Waals surface area contributed by atoms with Crippen molar-refractivity contribution in [3.8, 4) is 0 Å². The van der Waals surface area contributed by atoms with E-state index in [9.17, 15) is 0 Å². The third kappa shape index (κ3) is 10.0. The van der Waals surface area contributed by atoms with Gasteiger partial charge in [-0.3, -0.25) is 0 Å². The largest absolute Gasteiger partial charge is 0.0654 e. The Labute approximate surface area is 160 Å². The maximum absolute atomic E-state index is 2.55. The second-order valence-electron chi connectivity index (χ2n) is 9.55. The van der Waals surface area contributed by atoms with Gasteiger partial charge in [0.25, 0.3) is 0 Å². The van der Waals surface area contributed by atoms with Crippen LogP contribution in [0.3, 0.4) is 0 Å². The van der Waals surface area contributed by atoms with Gasteiger partial charge in [-0.1, -0.05) is 118 Å². The fourth-order valence-electron chi connectivity index (χ4n) is 5.15. The van der Waals surface area contributed by atoms with Gasteiger partial charge in [0, 0.05) is 0 Å². The second-order valence-corrected chi connectivity index (χ2v) is 9.55. The van der Waals surface area contributed by atoms with Crippen LogP contribution in [0.2, 0.25) is 0 Å². The minimum Gasteiger partial charge on any atom is -0.0654 e. The Morgan fingerprint density at radius 3 is 1.76 bits per heavy atom. The van der Waals surface area contributed by atoms with E-state index in [0.717, 1.165) is 29.6 Å². The van der Waals surface area contributed by atoms with Crippen molar-refractivity contribution in [1.82, 2.24) is 0 Å². The minimum atomic E-state index is 0.973. The van der Waals surface area contributed by atoms with Gasteiger partial charge in [0.15, 0.2) is 0 Å². The first-order valence-electron chi connectivity index (χ1n) is 12.1. The molecule has 1 rings (SSSR count). The average Bonchev–Trinajstić information content (AvgIpc) is 2.63. The Hall–Kier alpha value is 0. The topological polar surface area (TPSA) is 0 Å². The molecule has 0 saturated heterocycles. The molecule has 150 valence electrons. The van der Waals surface area contributed by atoms with Crippen molar-refractivity contribution in [1.29, 1.82) is 0 Å². The predicted molar refractivity (Wildman–Crippen MR) is 115 cm³/mol. The molecule has 1 saturated carbocycles. The van der Waals surface area contributed by atoms with Gasteiger partial charge in [-0.25, -0.2) is 0 Å². The van der Waals surface area contributed by atoms with Crippen molar-refractivity contribution in [2.45, 2.75) is 131 Å². The fraction of sp³-hybridized carbons (Fsp3) is 1.00. The zero-order chi connectivity index (χ0) is 18.5. The molecule has 0 aliphatic heterocycles. The highest BCUT2D eigenvalue weighted by Gasteiger charge is 2.23. The first-order chi connectivity index (χ1) is 12.1. The molecule has 0 radical (unpaired) electrons. The summed E-state index contributed by atoms with van der Waals surface area (Å²) in [4.78, 5) is 0. The molecule has 0 bridgehead atoms. The summed E-state index contributed by atoms with van der Waals surface area (Å²) in [7, 11) is 0. The predicted octanol–water partition coefficient (Wildman–Crippen LogP) is 9.03.